The van der Waals surface area contributed by atoms with Gasteiger partial charge in [-0.2, -0.15) is 0 Å². The Morgan fingerprint density at radius 1 is 1.00 bits per heavy atom. The van der Waals surface area contributed by atoms with Gasteiger partial charge >= 0.3 is 0 Å². The zero-order valence-corrected chi connectivity index (χ0v) is 16.8. The van der Waals surface area contributed by atoms with E-state index in [0.717, 1.165) is 17.4 Å². The minimum Gasteiger partial charge on any atom is -0.389 e. The minimum absolute atomic E-state index is 0. The molecule has 0 saturated heterocycles. The van der Waals surface area contributed by atoms with Crippen LogP contribution in [0.5, 0.6) is 0 Å². The van der Waals surface area contributed by atoms with Gasteiger partial charge in [0, 0.05) is 21.7 Å². The molecule has 0 bridgehead atoms. The van der Waals surface area contributed by atoms with Crippen LogP contribution in [-0.2, 0) is 21.7 Å². The predicted octanol–water partition coefficient (Wildman–Crippen LogP) is 5.86. The molecule has 0 radical (unpaired) electrons. The van der Waals surface area contributed by atoms with E-state index in [9.17, 15) is 5.11 Å². The third-order valence-corrected chi connectivity index (χ3v) is 4.11. The smallest absolute Gasteiger partial charge is 0.0773 e. The van der Waals surface area contributed by atoms with E-state index in [4.69, 9.17) is 0 Å². The van der Waals surface area contributed by atoms with Gasteiger partial charge in [-0.05, 0) is 60.2 Å². The number of aliphatic hydroxyl groups is 1. The molecule has 23 heavy (non-hydrogen) atoms. The number of allylic oxidation sites excluding steroid dienone is 4. The van der Waals surface area contributed by atoms with Gasteiger partial charge in [-0.25, -0.2) is 0 Å². The molecule has 3 rings (SSSR count). The van der Waals surface area contributed by atoms with Crippen LogP contribution in [0, 0.1) is 0 Å². The first-order valence-electron chi connectivity index (χ1n) is 7.15. The predicted molar refractivity (Wildman–Crippen MR) is 100 cm³/mol. The van der Waals surface area contributed by atoms with Crippen molar-refractivity contribution in [3.8, 4) is 0 Å². The van der Waals surface area contributed by atoms with Crippen molar-refractivity contribution in [2.75, 3.05) is 0 Å². The van der Waals surface area contributed by atoms with Gasteiger partial charge in [0.1, 0.15) is 0 Å². The second-order valence-corrected chi connectivity index (χ2v) is 5.75. The maximum Gasteiger partial charge on any atom is 0.0773 e. The monoisotopic (exact) mass is 384 g/mol. The third kappa shape index (κ3) is 4.29. The maximum atomic E-state index is 10.3. The molecule has 0 spiro atoms. The van der Waals surface area contributed by atoms with Crippen LogP contribution in [-0.4, -0.2) is 5.11 Å². The number of rotatable bonds is 2. The molecule has 0 amide bonds. The molecular formula is C19H22Cl2OTi. The van der Waals surface area contributed by atoms with E-state index < -0.39 is 6.10 Å². The van der Waals surface area contributed by atoms with Gasteiger partial charge in [0.05, 0.1) is 6.10 Å². The van der Waals surface area contributed by atoms with Crippen molar-refractivity contribution < 1.29 is 26.8 Å². The van der Waals surface area contributed by atoms with E-state index in [0.29, 0.717) is 0 Å². The summed E-state index contributed by atoms with van der Waals surface area (Å²) in [4.78, 5) is 0. The van der Waals surface area contributed by atoms with Gasteiger partial charge in [-0.15, -0.1) is 24.8 Å². The molecule has 1 atom stereocenters. The van der Waals surface area contributed by atoms with Crippen molar-refractivity contribution in [2.24, 2.45) is 0 Å². The van der Waals surface area contributed by atoms with E-state index in [1.807, 2.05) is 19.1 Å². The number of aliphatic hydroxyl groups excluding tert-OH is 1. The first-order chi connectivity index (χ1) is 9.58. The van der Waals surface area contributed by atoms with E-state index in [1.54, 1.807) is 0 Å². The van der Waals surface area contributed by atoms with Crippen LogP contribution >= 0.6 is 24.8 Å². The molecule has 0 fully saturated rings. The Balaban J connectivity index is 0.00000161. The summed E-state index contributed by atoms with van der Waals surface area (Å²) in [5, 5.41) is 12.6. The van der Waals surface area contributed by atoms with Gasteiger partial charge < -0.3 is 5.11 Å². The molecule has 0 heterocycles. The van der Waals surface area contributed by atoms with Crippen molar-refractivity contribution >= 4 is 41.2 Å². The molecule has 0 aliphatic heterocycles. The maximum absolute atomic E-state index is 10.3. The largest absolute Gasteiger partial charge is 0.389 e. The Hall–Kier alpha value is -0.566. The van der Waals surface area contributed by atoms with Gasteiger partial charge in [0.15, 0.2) is 0 Å². The van der Waals surface area contributed by atoms with Crippen LogP contribution in [0.4, 0.5) is 0 Å². The molecule has 1 N–H and O–H groups in total. The van der Waals surface area contributed by atoms with Crippen molar-refractivity contribution in [1.29, 1.82) is 0 Å². The molecular weight excluding hydrogens is 363 g/mol. The first kappa shape index (κ1) is 22.4. The minimum atomic E-state index is -0.461. The molecule has 2 aromatic carbocycles. The Morgan fingerprint density at radius 2 is 1.65 bits per heavy atom. The summed E-state index contributed by atoms with van der Waals surface area (Å²) < 4.78 is 0. The molecule has 1 nitrogen and oxygen atoms in total. The van der Waals surface area contributed by atoms with Crippen LogP contribution in [0.2, 0.25) is 0 Å². The molecule has 122 valence electrons. The quantitative estimate of drug-likeness (QED) is 0.643. The topological polar surface area (TPSA) is 20.2 Å². The molecule has 1 unspecified atom stereocenters. The van der Waals surface area contributed by atoms with E-state index in [-0.39, 0.29) is 46.5 Å². The number of halogens is 2. The number of benzene rings is 2. The molecule has 1 aliphatic carbocycles. The Morgan fingerprint density at radius 3 is 2.22 bits per heavy atom. The van der Waals surface area contributed by atoms with Crippen molar-refractivity contribution in [1.82, 2.24) is 0 Å². The van der Waals surface area contributed by atoms with Crippen LogP contribution < -0.4 is 0 Å². The Kier molecular flexibility index (Phi) is 8.83. The zero-order valence-electron chi connectivity index (χ0n) is 13.6. The normalized spacial score (nSPS) is 14.5. The van der Waals surface area contributed by atoms with Crippen molar-refractivity contribution in [3.63, 3.8) is 0 Å². The average molecular weight is 385 g/mol. The Bertz CT molecular complexity index is 748. The van der Waals surface area contributed by atoms with Gasteiger partial charge in [-0.1, -0.05) is 48.0 Å². The second kappa shape index (κ2) is 9.06. The zero-order chi connectivity index (χ0) is 14.3. The summed E-state index contributed by atoms with van der Waals surface area (Å²) in [6.07, 6.45) is 2.78. The second-order valence-electron chi connectivity index (χ2n) is 5.75. The summed E-state index contributed by atoms with van der Waals surface area (Å²) in [5.41, 5.74) is 6.32. The number of hydrogen-bond donors (Lipinski definition) is 1. The molecule has 1 aliphatic rings. The summed E-state index contributed by atoms with van der Waals surface area (Å²) in [6, 6.07) is 12.6. The van der Waals surface area contributed by atoms with Crippen LogP contribution in [0.15, 0.2) is 53.6 Å². The van der Waals surface area contributed by atoms with E-state index in [2.05, 4.69) is 44.2 Å². The van der Waals surface area contributed by atoms with E-state index >= 15 is 0 Å². The third-order valence-electron chi connectivity index (χ3n) is 4.11. The Labute approximate surface area is 165 Å². The van der Waals surface area contributed by atoms with Gasteiger partial charge in [0.2, 0.25) is 0 Å². The van der Waals surface area contributed by atoms with Crippen LogP contribution in [0.25, 0.3) is 16.3 Å². The van der Waals surface area contributed by atoms with Crippen LogP contribution in [0.1, 0.15) is 44.4 Å². The average Bonchev–Trinajstić information content (AvgIpc) is 2.76. The molecule has 2 aromatic rings. The fraction of sp³-hybridized carbons (Fsp3) is 0.263. The van der Waals surface area contributed by atoms with Crippen molar-refractivity contribution in [2.45, 2.75) is 33.3 Å². The fourth-order valence-electron chi connectivity index (χ4n) is 3.24. The van der Waals surface area contributed by atoms with Gasteiger partial charge in [-0.3, -0.25) is 0 Å². The summed E-state index contributed by atoms with van der Waals surface area (Å²) in [6.45, 7) is 6.18. The van der Waals surface area contributed by atoms with Crippen LogP contribution in [0.3, 0.4) is 0 Å². The number of fused-ring (bicyclic) bond motifs is 1. The van der Waals surface area contributed by atoms with Gasteiger partial charge in [0.25, 0.3) is 0 Å². The molecule has 0 aromatic heterocycles. The molecule has 0 saturated carbocycles. The molecule has 4 heteroatoms. The SMILES string of the molecule is CC1=CC(C)=C(c2ccc3ccccc3c2C(C)O)C1.Cl.Cl.[Ti]. The first-order valence-corrected chi connectivity index (χ1v) is 7.15. The summed E-state index contributed by atoms with van der Waals surface area (Å²) >= 11 is 0. The van der Waals surface area contributed by atoms with Crippen molar-refractivity contribution in [3.05, 3.63) is 64.7 Å². The fourth-order valence-corrected chi connectivity index (χ4v) is 3.24. The summed E-state index contributed by atoms with van der Waals surface area (Å²) in [7, 11) is 0. The van der Waals surface area contributed by atoms with E-state index in [1.165, 1.54) is 27.7 Å². The number of hydrogen-bond acceptors (Lipinski definition) is 1. The summed E-state index contributed by atoms with van der Waals surface area (Å²) in [5.74, 6) is 0. The standard InChI is InChI=1S/C19H20O.2ClH.Ti/c1-12-10-13(2)18(11-12)17-9-8-15-6-4-5-7-16(15)19(17)14(3)20;;;/h4-10,14,20H,11H2,1-3H3;2*1H;.